The van der Waals surface area contributed by atoms with Crippen LogP contribution in [0.4, 0.5) is 30.2 Å². The molecule has 2 aromatic heterocycles. The number of halogens is 3. The van der Waals surface area contributed by atoms with E-state index in [1.165, 1.54) is 28.9 Å². The van der Waals surface area contributed by atoms with Crippen molar-refractivity contribution < 1.29 is 27.7 Å². The van der Waals surface area contributed by atoms with E-state index < -0.39 is 46.5 Å². The van der Waals surface area contributed by atoms with E-state index >= 15 is 0 Å². The molecule has 3 aromatic rings. The summed E-state index contributed by atoms with van der Waals surface area (Å²) in [6.07, 6.45) is -3.45. The molecule has 1 aromatic carbocycles. The first kappa shape index (κ1) is 22.5. The summed E-state index contributed by atoms with van der Waals surface area (Å²) in [7, 11) is 1.65. The van der Waals surface area contributed by atoms with Gasteiger partial charge in [0.1, 0.15) is 12.2 Å². The summed E-state index contributed by atoms with van der Waals surface area (Å²) in [4.78, 5) is 34.3. The van der Waals surface area contributed by atoms with E-state index in [-0.39, 0.29) is 11.4 Å². The van der Waals surface area contributed by atoms with Gasteiger partial charge in [-0.3, -0.25) is 29.1 Å². The summed E-state index contributed by atoms with van der Waals surface area (Å²) in [6, 6.07) is 7.54. The average Bonchev–Trinajstić information content (AvgIpc) is 3.25. The first-order valence-corrected chi connectivity index (χ1v) is 8.95. The lowest BCUT2D eigenvalue weighted by atomic mass is 10.2. The topological polar surface area (TPSA) is 137 Å². The van der Waals surface area contributed by atoms with Crippen LogP contribution in [0.5, 0.6) is 0 Å². The minimum absolute atomic E-state index is 0.179. The highest BCUT2D eigenvalue weighted by molar-refractivity contribution is 6.03. The Kier molecular flexibility index (Phi) is 5.95. The predicted molar refractivity (Wildman–Crippen MR) is 105 cm³/mol. The molecule has 0 saturated carbocycles. The predicted octanol–water partition coefficient (Wildman–Crippen LogP) is 2.74. The number of amides is 2. The van der Waals surface area contributed by atoms with Gasteiger partial charge in [0.2, 0.25) is 11.6 Å². The second-order valence-electron chi connectivity index (χ2n) is 6.65. The van der Waals surface area contributed by atoms with Gasteiger partial charge >= 0.3 is 11.9 Å². The molecular weight excluding hydrogens is 435 g/mol. The number of alkyl halides is 3. The summed E-state index contributed by atoms with van der Waals surface area (Å²) in [5, 5.41) is 23.2. The lowest BCUT2D eigenvalue weighted by Gasteiger charge is -2.09. The van der Waals surface area contributed by atoms with Crippen molar-refractivity contribution in [2.24, 2.45) is 7.05 Å². The SMILES string of the molecule is Cc1c([N+](=O)[O-])c(C(F)(F)F)nn1CC(=O)Nc1cccc(NC(=O)c2ccn(C)n2)c1. The molecule has 14 heteroatoms. The quantitative estimate of drug-likeness (QED) is 0.437. The van der Waals surface area contributed by atoms with E-state index in [9.17, 15) is 32.9 Å². The van der Waals surface area contributed by atoms with Crippen LogP contribution in [-0.4, -0.2) is 36.3 Å². The Morgan fingerprint density at radius 3 is 2.34 bits per heavy atom. The molecule has 0 radical (unpaired) electrons. The lowest BCUT2D eigenvalue weighted by molar-refractivity contribution is -0.388. The van der Waals surface area contributed by atoms with E-state index in [0.29, 0.717) is 10.4 Å². The number of benzene rings is 1. The van der Waals surface area contributed by atoms with E-state index in [1.54, 1.807) is 19.3 Å². The Morgan fingerprint density at radius 1 is 1.16 bits per heavy atom. The summed E-state index contributed by atoms with van der Waals surface area (Å²) in [5.41, 5.74) is -2.53. The molecule has 2 amide bonds. The minimum Gasteiger partial charge on any atom is -0.324 e. The molecule has 0 fully saturated rings. The molecule has 0 atom stereocenters. The molecule has 0 aliphatic rings. The van der Waals surface area contributed by atoms with Crippen LogP contribution in [-0.2, 0) is 24.6 Å². The second kappa shape index (κ2) is 8.49. The van der Waals surface area contributed by atoms with Crippen LogP contribution in [0.1, 0.15) is 21.9 Å². The highest BCUT2D eigenvalue weighted by Gasteiger charge is 2.44. The maximum atomic E-state index is 13.0. The highest BCUT2D eigenvalue weighted by atomic mass is 19.4. The molecule has 0 saturated heterocycles. The average molecular weight is 451 g/mol. The number of hydrogen-bond acceptors (Lipinski definition) is 6. The highest BCUT2D eigenvalue weighted by Crippen LogP contribution is 2.36. The molecule has 11 nitrogen and oxygen atoms in total. The molecule has 0 unspecified atom stereocenters. The van der Waals surface area contributed by atoms with Gasteiger partial charge in [-0.15, -0.1) is 0 Å². The monoisotopic (exact) mass is 451 g/mol. The van der Waals surface area contributed by atoms with Crippen molar-refractivity contribution in [2.75, 3.05) is 10.6 Å². The lowest BCUT2D eigenvalue weighted by Crippen LogP contribution is -2.21. The van der Waals surface area contributed by atoms with Gasteiger partial charge in [-0.25, -0.2) is 0 Å². The number of nitrogens with one attached hydrogen (secondary N) is 2. The van der Waals surface area contributed by atoms with Gasteiger partial charge in [0.15, 0.2) is 5.69 Å². The summed E-state index contributed by atoms with van der Waals surface area (Å²) in [6.45, 7) is 0.384. The van der Waals surface area contributed by atoms with Crippen LogP contribution in [0, 0.1) is 17.0 Å². The Bertz CT molecular complexity index is 1200. The molecular formula is C18H16F3N7O4. The fourth-order valence-electron chi connectivity index (χ4n) is 2.84. The van der Waals surface area contributed by atoms with E-state index in [0.717, 1.165) is 6.92 Å². The van der Waals surface area contributed by atoms with Gasteiger partial charge in [0.25, 0.3) is 5.91 Å². The number of aryl methyl sites for hydroxylation is 1. The molecule has 3 rings (SSSR count). The Labute approximate surface area is 178 Å². The van der Waals surface area contributed by atoms with Gasteiger partial charge in [0, 0.05) is 24.6 Å². The van der Waals surface area contributed by atoms with E-state index in [2.05, 4.69) is 20.8 Å². The van der Waals surface area contributed by atoms with E-state index in [4.69, 9.17) is 0 Å². The standard InChI is InChI=1S/C18H16F3N7O4/c1-10-15(28(31)32)16(18(19,20)21)25-27(10)9-14(29)22-11-4-3-5-12(8-11)23-17(30)13-6-7-26(2)24-13/h3-8H,9H2,1-2H3,(H,22,29)(H,23,30). The number of nitro groups is 1. The minimum atomic E-state index is -5.05. The van der Waals surface area contributed by atoms with Gasteiger partial charge in [-0.1, -0.05) is 6.07 Å². The summed E-state index contributed by atoms with van der Waals surface area (Å²) < 4.78 is 41.2. The van der Waals surface area contributed by atoms with Crippen molar-refractivity contribution in [1.29, 1.82) is 0 Å². The first-order valence-electron chi connectivity index (χ1n) is 8.95. The third-order valence-electron chi connectivity index (χ3n) is 4.27. The fraction of sp³-hybridized carbons (Fsp3) is 0.222. The van der Waals surface area contributed by atoms with Gasteiger partial charge in [0.05, 0.1) is 4.92 Å². The van der Waals surface area contributed by atoms with Crippen LogP contribution in [0.3, 0.4) is 0 Å². The van der Waals surface area contributed by atoms with Crippen LogP contribution in [0.15, 0.2) is 36.5 Å². The van der Waals surface area contributed by atoms with Crippen LogP contribution in [0.25, 0.3) is 0 Å². The maximum Gasteiger partial charge on any atom is 0.442 e. The zero-order valence-corrected chi connectivity index (χ0v) is 16.7. The van der Waals surface area contributed by atoms with Crippen molar-refractivity contribution >= 4 is 28.9 Å². The van der Waals surface area contributed by atoms with Crippen molar-refractivity contribution in [3.05, 3.63) is 63.7 Å². The Morgan fingerprint density at radius 2 is 1.81 bits per heavy atom. The number of carbonyl (C=O) groups excluding carboxylic acids is 2. The molecule has 32 heavy (non-hydrogen) atoms. The summed E-state index contributed by atoms with van der Waals surface area (Å²) in [5.74, 6) is -1.25. The number of nitrogens with zero attached hydrogens (tertiary/aromatic N) is 5. The zero-order chi connectivity index (χ0) is 23.6. The molecule has 0 aliphatic carbocycles. The first-order chi connectivity index (χ1) is 15.0. The smallest absolute Gasteiger partial charge is 0.324 e. The van der Waals surface area contributed by atoms with Crippen LogP contribution >= 0.6 is 0 Å². The molecule has 0 spiro atoms. The Balaban J connectivity index is 1.73. The third-order valence-corrected chi connectivity index (χ3v) is 4.27. The maximum absolute atomic E-state index is 13.0. The van der Waals surface area contributed by atoms with Gasteiger partial charge in [-0.05, 0) is 31.2 Å². The van der Waals surface area contributed by atoms with Crippen LogP contribution < -0.4 is 10.6 Å². The largest absolute Gasteiger partial charge is 0.442 e. The molecule has 0 bridgehead atoms. The van der Waals surface area contributed by atoms with Crippen molar-refractivity contribution in [1.82, 2.24) is 19.6 Å². The van der Waals surface area contributed by atoms with Crippen LogP contribution in [0.2, 0.25) is 0 Å². The number of aromatic nitrogens is 4. The normalized spacial score (nSPS) is 11.3. The fourth-order valence-corrected chi connectivity index (χ4v) is 2.84. The van der Waals surface area contributed by atoms with Crippen molar-refractivity contribution in [3.8, 4) is 0 Å². The van der Waals surface area contributed by atoms with Crippen molar-refractivity contribution in [2.45, 2.75) is 19.6 Å². The van der Waals surface area contributed by atoms with E-state index in [1.807, 2.05) is 0 Å². The van der Waals surface area contributed by atoms with Gasteiger partial charge in [-0.2, -0.15) is 23.4 Å². The van der Waals surface area contributed by atoms with Gasteiger partial charge < -0.3 is 10.6 Å². The molecule has 2 N–H and O–H groups in total. The number of hydrogen-bond donors (Lipinski definition) is 2. The number of anilines is 2. The molecule has 0 aliphatic heterocycles. The molecule has 168 valence electrons. The third kappa shape index (κ3) is 4.91. The molecule has 2 heterocycles. The number of carbonyl (C=O) groups is 2. The Hall–Kier alpha value is -4.23. The second-order valence-corrected chi connectivity index (χ2v) is 6.65. The number of rotatable bonds is 6. The summed E-state index contributed by atoms with van der Waals surface area (Å²) >= 11 is 0. The van der Waals surface area contributed by atoms with Crippen molar-refractivity contribution in [3.63, 3.8) is 0 Å². The zero-order valence-electron chi connectivity index (χ0n) is 16.7.